The minimum absolute atomic E-state index is 0.263. The lowest BCUT2D eigenvalue weighted by atomic mass is 9.77. The third-order valence-corrected chi connectivity index (χ3v) is 4.42. The molecule has 17 heavy (non-hydrogen) atoms. The van der Waals surface area contributed by atoms with Gasteiger partial charge in [0.2, 0.25) is 0 Å². The number of hydrogen-bond acceptors (Lipinski definition) is 2. The van der Waals surface area contributed by atoms with Gasteiger partial charge < -0.3 is 10.8 Å². The third kappa shape index (κ3) is 2.72. The van der Waals surface area contributed by atoms with Crippen molar-refractivity contribution in [3.8, 4) is 0 Å². The van der Waals surface area contributed by atoms with Gasteiger partial charge in [0.1, 0.15) is 0 Å². The zero-order chi connectivity index (χ0) is 12.6. The molecule has 1 fully saturated rings. The fraction of sp³-hybridized carbons (Fsp3) is 0.500. The smallest absolute Gasteiger partial charge is 0.0761 e. The molecule has 0 unspecified atom stereocenters. The van der Waals surface area contributed by atoms with Gasteiger partial charge >= 0.3 is 0 Å². The Morgan fingerprint density at radius 3 is 2.41 bits per heavy atom. The molecule has 2 nitrogen and oxygen atoms in total. The normalized spacial score (nSPS) is 19.8. The lowest BCUT2D eigenvalue weighted by molar-refractivity contribution is 0.0414. The molecular formula is C12H14Cl3NO. The summed E-state index contributed by atoms with van der Waals surface area (Å²) in [6, 6.07) is 2.70. The van der Waals surface area contributed by atoms with Crippen LogP contribution in [-0.2, 0) is 0 Å². The van der Waals surface area contributed by atoms with E-state index in [0.29, 0.717) is 20.6 Å². The monoisotopic (exact) mass is 293 g/mol. The second-order valence-electron chi connectivity index (χ2n) is 4.50. The summed E-state index contributed by atoms with van der Waals surface area (Å²) >= 11 is 17.9. The van der Waals surface area contributed by atoms with Crippen LogP contribution in [0.25, 0.3) is 0 Å². The molecular weight excluding hydrogens is 280 g/mol. The molecule has 0 heterocycles. The van der Waals surface area contributed by atoms with Gasteiger partial charge in [0.25, 0.3) is 0 Å². The molecule has 1 aliphatic rings. The number of aliphatic hydroxyl groups excluding tert-OH is 1. The average Bonchev–Trinajstić information content (AvgIpc) is 2.19. The Labute approximate surface area is 116 Å². The zero-order valence-electron chi connectivity index (χ0n) is 9.17. The highest BCUT2D eigenvalue weighted by molar-refractivity contribution is 6.43. The van der Waals surface area contributed by atoms with Gasteiger partial charge in [0, 0.05) is 5.02 Å². The van der Waals surface area contributed by atoms with Crippen LogP contribution in [0.1, 0.15) is 30.9 Å². The molecule has 2 atom stereocenters. The maximum Gasteiger partial charge on any atom is 0.0761 e. The standard InChI is InChI=1S/C12H14Cl3NO/c13-7-4-8(10(15)9(14)5-7)11(16)12(17)6-2-1-3-6/h4-6,11-12,17H,1-3,16H2/t11-,12+/m1/s1. The van der Waals surface area contributed by atoms with Crippen molar-refractivity contribution < 1.29 is 5.11 Å². The molecule has 0 saturated heterocycles. The van der Waals surface area contributed by atoms with Crippen LogP contribution in [0.2, 0.25) is 15.1 Å². The maximum atomic E-state index is 10.1. The van der Waals surface area contributed by atoms with Crippen LogP contribution in [0, 0.1) is 5.92 Å². The van der Waals surface area contributed by atoms with Gasteiger partial charge in [-0.1, -0.05) is 41.2 Å². The molecule has 3 N–H and O–H groups in total. The van der Waals surface area contributed by atoms with Gasteiger partial charge in [-0.15, -0.1) is 0 Å². The molecule has 0 bridgehead atoms. The molecule has 0 radical (unpaired) electrons. The van der Waals surface area contributed by atoms with Crippen LogP contribution in [0.4, 0.5) is 0 Å². The highest BCUT2D eigenvalue weighted by atomic mass is 35.5. The van der Waals surface area contributed by atoms with E-state index in [-0.39, 0.29) is 5.92 Å². The SMILES string of the molecule is N[C@H](c1cc(Cl)cc(Cl)c1Cl)[C@@H](O)C1CCC1. The molecule has 2 rings (SSSR count). The Kier molecular flexibility index (Phi) is 4.22. The number of benzene rings is 1. The van der Waals surface area contributed by atoms with Gasteiger partial charge in [-0.3, -0.25) is 0 Å². The van der Waals surface area contributed by atoms with E-state index in [0.717, 1.165) is 19.3 Å². The largest absolute Gasteiger partial charge is 0.391 e. The van der Waals surface area contributed by atoms with Gasteiger partial charge in [-0.2, -0.15) is 0 Å². The lowest BCUT2D eigenvalue weighted by Gasteiger charge is -2.34. The molecule has 94 valence electrons. The number of aliphatic hydroxyl groups is 1. The van der Waals surface area contributed by atoms with Crippen LogP contribution in [0.3, 0.4) is 0 Å². The van der Waals surface area contributed by atoms with Crippen molar-refractivity contribution in [1.82, 2.24) is 0 Å². The summed E-state index contributed by atoms with van der Waals surface area (Å²) in [6.07, 6.45) is 2.59. The van der Waals surface area contributed by atoms with Crippen LogP contribution < -0.4 is 5.73 Å². The number of rotatable bonds is 3. The van der Waals surface area contributed by atoms with E-state index < -0.39 is 12.1 Å². The molecule has 1 saturated carbocycles. The first-order chi connectivity index (χ1) is 8.00. The highest BCUT2D eigenvalue weighted by Crippen LogP contribution is 2.38. The predicted octanol–water partition coefficient (Wildman–Crippen LogP) is 3.81. The van der Waals surface area contributed by atoms with Crippen molar-refractivity contribution in [2.24, 2.45) is 11.7 Å². The quantitative estimate of drug-likeness (QED) is 0.833. The minimum atomic E-state index is -0.587. The molecule has 0 aromatic heterocycles. The van der Waals surface area contributed by atoms with E-state index in [1.807, 2.05) is 0 Å². The van der Waals surface area contributed by atoms with Crippen molar-refractivity contribution >= 4 is 34.8 Å². The number of hydrogen-bond donors (Lipinski definition) is 2. The van der Waals surface area contributed by atoms with E-state index in [4.69, 9.17) is 40.5 Å². The van der Waals surface area contributed by atoms with E-state index in [2.05, 4.69) is 0 Å². The van der Waals surface area contributed by atoms with Crippen molar-refractivity contribution in [1.29, 1.82) is 0 Å². The van der Waals surface area contributed by atoms with E-state index >= 15 is 0 Å². The Morgan fingerprint density at radius 2 is 1.88 bits per heavy atom. The summed E-state index contributed by atoms with van der Waals surface area (Å²) in [4.78, 5) is 0. The van der Waals surface area contributed by atoms with E-state index in [1.165, 1.54) is 0 Å². The second-order valence-corrected chi connectivity index (χ2v) is 5.72. The van der Waals surface area contributed by atoms with Crippen molar-refractivity contribution in [2.45, 2.75) is 31.4 Å². The number of nitrogens with two attached hydrogens (primary N) is 1. The van der Waals surface area contributed by atoms with Gasteiger partial charge in [0.05, 0.1) is 22.2 Å². The zero-order valence-corrected chi connectivity index (χ0v) is 11.4. The Morgan fingerprint density at radius 1 is 1.24 bits per heavy atom. The first kappa shape index (κ1) is 13.4. The Hall–Kier alpha value is 0.01000. The minimum Gasteiger partial charge on any atom is -0.391 e. The molecule has 0 aliphatic heterocycles. The predicted molar refractivity (Wildman–Crippen MR) is 71.7 cm³/mol. The molecule has 0 amide bonds. The summed E-state index contributed by atoms with van der Waals surface area (Å²) < 4.78 is 0. The topological polar surface area (TPSA) is 46.2 Å². The summed E-state index contributed by atoms with van der Waals surface area (Å²) in [6.45, 7) is 0. The van der Waals surface area contributed by atoms with Gasteiger partial charge in [-0.25, -0.2) is 0 Å². The first-order valence-corrected chi connectivity index (χ1v) is 6.72. The Balaban J connectivity index is 2.26. The van der Waals surface area contributed by atoms with Crippen LogP contribution >= 0.6 is 34.8 Å². The molecule has 1 aromatic rings. The number of halogens is 3. The fourth-order valence-corrected chi connectivity index (χ4v) is 2.82. The van der Waals surface area contributed by atoms with E-state index in [1.54, 1.807) is 12.1 Å². The van der Waals surface area contributed by atoms with Crippen molar-refractivity contribution in [2.75, 3.05) is 0 Å². The van der Waals surface area contributed by atoms with Gasteiger partial charge in [0.15, 0.2) is 0 Å². The lowest BCUT2D eigenvalue weighted by Crippen LogP contribution is -2.36. The second kappa shape index (κ2) is 5.33. The summed E-state index contributed by atoms with van der Waals surface area (Å²) in [5, 5.41) is 11.3. The average molecular weight is 295 g/mol. The summed E-state index contributed by atoms with van der Waals surface area (Å²) in [5.41, 5.74) is 6.65. The fourth-order valence-electron chi connectivity index (χ4n) is 2.08. The highest BCUT2D eigenvalue weighted by Gasteiger charge is 2.32. The van der Waals surface area contributed by atoms with Crippen LogP contribution in [-0.4, -0.2) is 11.2 Å². The molecule has 0 spiro atoms. The molecule has 1 aliphatic carbocycles. The Bertz CT molecular complexity index is 420. The first-order valence-electron chi connectivity index (χ1n) is 5.59. The van der Waals surface area contributed by atoms with E-state index in [9.17, 15) is 5.11 Å². The third-order valence-electron chi connectivity index (χ3n) is 3.38. The maximum absolute atomic E-state index is 10.1. The van der Waals surface area contributed by atoms with Gasteiger partial charge in [-0.05, 0) is 36.5 Å². The van der Waals surface area contributed by atoms with Crippen LogP contribution in [0.5, 0.6) is 0 Å². The molecule has 5 heteroatoms. The molecule has 1 aromatic carbocycles. The summed E-state index contributed by atoms with van der Waals surface area (Å²) in [5.74, 6) is 0.263. The van der Waals surface area contributed by atoms with Crippen molar-refractivity contribution in [3.05, 3.63) is 32.8 Å². The van der Waals surface area contributed by atoms with Crippen molar-refractivity contribution in [3.63, 3.8) is 0 Å². The van der Waals surface area contributed by atoms with Crippen LogP contribution in [0.15, 0.2) is 12.1 Å². The summed E-state index contributed by atoms with van der Waals surface area (Å²) in [7, 11) is 0.